The van der Waals surface area contributed by atoms with E-state index in [0.29, 0.717) is 0 Å². The number of hydrogen-bond donors (Lipinski definition) is 1. The highest BCUT2D eigenvalue weighted by molar-refractivity contribution is 9.10. The minimum Gasteiger partial charge on any atom is -0.327 e. The maximum absolute atomic E-state index is 10.6. The number of rotatable bonds is 2. The maximum atomic E-state index is 10.6. The fourth-order valence-electron chi connectivity index (χ4n) is 2.15. The third-order valence-corrected chi connectivity index (χ3v) is 4.13. The van der Waals surface area contributed by atoms with Crippen molar-refractivity contribution in [3.63, 3.8) is 0 Å². The summed E-state index contributed by atoms with van der Waals surface area (Å²) in [7, 11) is 0. The summed E-state index contributed by atoms with van der Waals surface area (Å²) in [5.74, 6) is 0.280. The van der Waals surface area contributed by atoms with E-state index in [-0.39, 0.29) is 23.1 Å². The van der Waals surface area contributed by atoms with Crippen LogP contribution in [-0.2, 0) is 0 Å². The van der Waals surface area contributed by atoms with Crippen LogP contribution in [0.5, 0.6) is 0 Å². The van der Waals surface area contributed by atoms with Crippen molar-refractivity contribution in [2.24, 2.45) is 11.1 Å². The number of nitro benzene ring substituents is 1. The second-order valence-corrected chi connectivity index (χ2v) is 5.64. The Morgan fingerprint density at radius 3 is 2.44 bits per heavy atom. The lowest BCUT2D eigenvalue weighted by atomic mass is 10.0. The fraction of sp³-hybridized carbons (Fsp3) is 0.455. The van der Waals surface area contributed by atoms with Crippen molar-refractivity contribution in [1.82, 2.24) is 0 Å². The van der Waals surface area contributed by atoms with Crippen molar-refractivity contribution in [2.75, 3.05) is 0 Å². The minimum absolute atomic E-state index is 0.0820. The van der Waals surface area contributed by atoms with Gasteiger partial charge < -0.3 is 5.73 Å². The molecule has 0 saturated heterocycles. The molecule has 2 atom stereocenters. The normalized spacial score (nSPS) is 26.5. The molecule has 4 nitrogen and oxygen atoms in total. The molecule has 1 aromatic carbocycles. The van der Waals surface area contributed by atoms with Gasteiger partial charge in [0.05, 0.1) is 4.92 Å². The molecule has 5 heteroatoms. The summed E-state index contributed by atoms with van der Waals surface area (Å²) in [5.41, 5.74) is 7.23. The van der Waals surface area contributed by atoms with Gasteiger partial charge in [0.1, 0.15) is 0 Å². The molecule has 1 fully saturated rings. The van der Waals surface area contributed by atoms with Crippen LogP contribution in [0.15, 0.2) is 22.7 Å². The van der Waals surface area contributed by atoms with Gasteiger partial charge in [0, 0.05) is 28.6 Å². The number of nitrogens with zero attached hydrogens (tertiary/aromatic N) is 1. The second kappa shape index (κ2) is 3.53. The van der Waals surface area contributed by atoms with E-state index < -0.39 is 4.92 Å². The lowest BCUT2D eigenvalue weighted by Crippen LogP contribution is -2.06. The Kier molecular flexibility index (Phi) is 2.55. The van der Waals surface area contributed by atoms with Crippen LogP contribution < -0.4 is 5.73 Å². The predicted molar refractivity (Wildman–Crippen MR) is 65.3 cm³/mol. The highest BCUT2D eigenvalue weighted by atomic mass is 79.9. The van der Waals surface area contributed by atoms with Gasteiger partial charge in [-0.15, -0.1) is 0 Å². The quantitative estimate of drug-likeness (QED) is 0.671. The van der Waals surface area contributed by atoms with Crippen molar-refractivity contribution in [3.05, 3.63) is 38.3 Å². The number of nitro groups is 1. The van der Waals surface area contributed by atoms with E-state index in [0.717, 1.165) is 10.0 Å². The highest BCUT2D eigenvalue weighted by Crippen LogP contribution is 2.58. The molecule has 0 heterocycles. The zero-order chi connectivity index (χ0) is 12.1. The van der Waals surface area contributed by atoms with E-state index in [9.17, 15) is 10.1 Å². The molecule has 0 aliphatic heterocycles. The summed E-state index contributed by atoms with van der Waals surface area (Å²) in [6.07, 6.45) is 0. The molecule has 1 saturated carbocycles. The van der Waals surface area contributed by atoms with Crippen LogP contribution in [0.4, 0.5) is 5.69 Å². The smallest absolute Gasteiger partial charge is 0.270 e. The molecule has 0 amide bonds. The molecule has 0 aromatic heterocycles. The first-order chi connectivity index (χ1) is 7.35. The van der Waals surface area contributed by atoms with Gasteiger partial charge in [-0.05, 0) is 11.0 Å². The number of nitrogens with two attached hydrogens (primary N) is 1. The Bertz CT molecular complexity index is 459. The lowest BCUT2D eigenvalue weighted by molar-refractivity contribution is -0.384. The highest BCUT2D eigenvalue weighted by Gasteiger charge is 2.56. The largest absolute Gasteiger partial charge is 0.327 e. The van der Waals surface area contributed by atoms with Crippen LogP contribution in [0.3, 0.4) is 0 Å². The number of hydrogen-bond acceptors (Lipinski definition) is 3. The first kappa shape index (κ1) is 11.5. The molecular formula is C11H13BrN2O2. The minimum atomic E-state index is -0.396. The van der Waals surface area contributed by atoms with Crippen LogP contribution in [0, 0.1) is 15.5 Å². The van der Waals surface area contributed by atoms with E-state index in [1.807, 2.05) is 0 Å². The lowest BCUT2D eigenvalue weighted by Gasteiger charge is -2.05. The summed E-state index contributed by atoms with van der Waals surface area (Å²) in [6.45, 7) is 4.21. The van der Waals surface area contributed by atoms with E-state index >= 15 is 0 Å². The summed E-state index contributed by atoms with van der Waals surface area (Å²) >= 11 is 3.38. The second-order valence-electron chi connectivity index (χ2n) is 4.79. The summed E-state index contributed by atoms with van der Waals surface area (Å²) < 4.78 is 0.771. The Morgan fingerprint density at radius 2 is 2.06 bits per heavy atom. The third-order valence-electron chi connectivity index (χ3n) is 3.44. The third kappa shape index (κ3) is 1.64. The van der Waals surface area contributed by atoms with Gasteiger partial charge in [-0.2, -0.15) is 0 Å². The molecule has 0 spiro atoms. The zero-order valence-electron chi connectivity index (χ0n) is 9.11. The molecular weight excluding hydrogens is 272 g/mol. The molecule has 1 aromatic rings. The zero-order valence-corrected chi connectivity index (χ0v) is 10.7. The van der Waals surface area contributed by atoms with Crippen molar-refractivity contribution < 1.29 is 4.92 Å². The Morgan fingerprint density at radius 1 is 1.50 bits per heavy atom. The SMILES string of the molecule is CC1(C)[C@H](N)[C@H]1c1ccc([N+](=O)[O-])cc1Br. The van der Waals surface area contributed by atoms with E-state index in [4.69, 9.17) is 5.73 Å². The van der Waals surface area contributed by atoms with Crippen LogP contribution >= 0.6 is 15.9 Å². The monoisotopic (exact) mass is 284 g/mol. The van der Waals surface area contributed by atoms with Crippen LogP contribution in [0.25, 0.3) is 0 Å². The summed E-state index contributed by atoms with van der Waals surface area (Å²) in [6, 6.07) is 4.99. The van der Waals surface area contributed by atoms with Gasteiger partial charge in [-0.1, -0.05) is 35.8 Å². The molecule has 2 rings (SSSR count). The first-order valence-electron chi connectivity index (χ1n) is 5.05. The summed E-state index contributed by atoms with van der Waals surface area (Å²) in [5, 5.41) is 10.6. The van der Waals surface area contributed by atoms with Crippen LogP contribution in [0.2, 0.25) is 0 Å². The fourth-order valence-corrected chi connectivity index (χ4v) is 2.77. The topological polar surface area (TPSA) is 69.2 Å². The van der Waals surface area contributed by atoms with Crippen molar-refractivity contribution in [3.8, 4) is 0 Å². The van der Waals surface area contributed by atoms with Gasteiger partial charge in [0.15, 0.2) is 0 Å². The van der Waals surface area contributed by atoms with Crippen molar-refractivity contribution in [1.29, 1.82) is 0 Å². The average molecular weight is 285 g/mol. The predicted octanol–water partition coefficient (Wildman–Crippen LogP) is 2.81. The molecule has 16 heavy (non-hydrogen) atoms. The number of benzene rings is 1. The molecule has 0 radical (unpaired) electrons. The standard InChI is InChI=1S/C11H13BrN2O2/c1-11(2)9(10(11)13)7-4-3-6(14(15)16)5-8(7)12/h3-5,9-10H,13H2,1-2H3/t9-,10-/m1/s1. The van der Waals surface area contributed by atoms with Gasteiger partial charge in [-0.3, -0.25) is 10.1 Å². The van der Waals surface area contributed by atoms with Gasteiger partial charge in [0.2, 0.25) is 0 Å². The molecule has 2 N–H and O–H groups in total. The number of halogens is 1. The molecule has 0 unspecified atom stereocenters. The van der Waals surface area contributed by atoms with Gasteiger partial charge in [0.25, 0.3) is 5.69 Å². The van der Waals surface area contributed by atoms with Crippen LogP contribution in [-0.4, -0.2) is 11.0 Å². The molecule has 1 aliphatic carbocycles. The number of non-ortho nitro benzene ring substituents is 1. The molecule has 1 aliphatic rings. The summed E-state index contributed by atoms with van der Waals surface area (Å²) in [4.78, 5) is 10.2. The Labute approximate surface area is 102 Å². The van der Waals surface area contributed by atoms with E-state index in [1.54, 1.807) is 6.07 Å². The maximum Gasteiger partial charge on any atom is 0.270 e. The molecule has 0 bridgehead atoms. The molecule has 86 valence electrons. The van der Waals surface area contributed by atoms with Crippen molar-refractivity contribution >= 4 is 21.6 Å². The Balaban J connectivity index is 2.35. The average Bonchev–Trinajstić information content (AvgIpc) is 2.67. The van der Waals surface area contributed by atoms with E-state index in [2.05, 4.69) is 29.8 Å². The van der Waals surface area contributed by atoms with E-state index in [1.165, 1.54) is 12.1 Å². The van der Waals surface area contributed by atoms with Crippen LogP contribution in [0.1, 0.15) is 25.3 Å². The Hall–Kier alpha value is -0.940. The first-order valence-corrected chi connectivity index (χ1v) is 5.84. The van der Waals surface area contributed by atoms with Crippen molar-refractivity contribution in [2.45, 2.75) is 25.8 Å². The van der Waals surface area contributed by atoms with Gasteiger partial charge in [-0.25, -0.2) is 0 Å². The van der Waals surface area contributed by atoms with Gasteiger partial charge >= 0.3 is 0 Å².